The molecular formula is C16H12FNO2. The van der Waals surface area contributed by atoms with Crippen molar-refractivity contribution in [1.82, 2.24) is 4.57 Å². The second-order valence-corrected chi connectivity index (χ2v) is 4.67. The molecule has 0 amide bonds. The molecule has 20 heavy (non-hydrogen) atoms. The van der Waals surface area contributed by atoms with Gasteiger partial charge in [0.25, 0.3) is 0 Å². The SMILES string of the molecule is Cn1c(C(=O)O)cc2ccc(-c3ccc(F)cc3)cc21. The van der Waals surface area contributed by atoms with E-state index in [0.29, 0.717) is 0 Å². The molecule has 1 aromatic heterocycles. The van der Waals surface area contributed by atoms with Crippen molar-refractivity contribution in [2.75, 3.05) is 0 Å². The molecule has 0 saturated heterocycles. The number of rotatable bonds is 2. The Labute approximate surface area is 114 Å². The van der Waals surface area contributed by atoms with E-state index in [2.05, 4.69) is 0 Å². The Morgan fingerprint density at radius 3 is 2.35 bits per heavy atom. The largest absolute Gasteiger partial charge is 0.477 e. The molecule has 3 rings (SSSR count). The summed E-state index contributed by atoms with van der Waals surface area (Å²) in [6, 6.07) is 13.6. The van der Waals surface area contributed by atoms with Crippen molar-refractivity contribution in [3.8, 4) is 11.1 Å². The highest BCUT2D eigenvalue weighted by Gasteiger charge is 2.12. The molecule has 0 saturated carbocycles. The number of hydrogen-bond donors (Lipinski definition) is 1. The molecule has 0 aliphatic carbocycles. The number of nitrogens with zero attached hydrogens (tertiary/aromatic N) is 1. The van der Waals surface area contributed by atoms with Crippen molar-refractivity contribution >= 4 is 16.9 Å². The molecule has 4 heteroatoms. The van der Waals surface area contributed by atoms with Crippen LogP contribution < -0.4 is 0 Å². The number of hydrogen-bond acceptors (Lipinski definition) is 1. The highest BCUT2D eigenvalue weighted by Crippen LogP contribution is 2.26. The van der Waals surface area contributed by atoms with Gasteiger partial charge in [0.1, 0.15) is 11.5 Å². The van der Waals surface area contributed by atoms with Crippen molar-refractivity contribution in [3.05, 3.63) is 60.0 Å². The number of halogens is 1. The summed E-state index contributed by atoms with van der Waals surface area (Å²) < 4.78 is 14.6. The van der Waals surface area contributed by atoms with Crippen LogP contribution >= 0.6 is 0 Å². The molecule has 3 aromatic rings. The van der Waals surface area contributed by atoms with Crippen molar-refractivity contribution in [2.24, 2.45) is 7.05 Å². The van der Waals surface area contributed by atoms with Gasteiger partial charge in [-0.05, 0) is 35.4 Å². The molecule has 2 aromatic carbocycles. The molecule has 0 spiro atoms. The standard InChI is InChI=1S/C16H12FNO2/c1-18-14-8-11(10-4-6-13(17)7-5-10)2-3-12(14)9-15(18)16(19)20/h2-9H,1H3,(H,19,20). The highest BCUT2D eigenvalue weighted by atomic mass is 19.1. The first-order valence-corrected chi connectivity index (χ1v) is 6.15. The monoisotopic (exact) mass is 269 g/mol. The summed E-state index contributed by atoms with van der Waals surface area (Å²) in [5.41, 5.74) is 2.91. The van der Waals surface area contributed by atoms with Crippen LogP contribution in [0.4, 0.5) is 4.39 Å². The Balaban J connectivity index is 2.17. The van der Waals surface area contributed by atoms with Crippen LogP contribution in [-0.2, 0) is 7.05 Å². The Morgan fingerprint density at radius 1 is 1.05 bits per heavy atom. The minimum absolute atomic E-state index is 0.247. The highest BCUT2D eigenvalue weighted by molar-refractivity contribution is 5.95. The number of aromatic carboxylic acids is 1. The number of fused-ring (bicyclic) bond motifs is 1. The van der Waals surface area contributed by atoms with Gasteiger partial charge in [-0.1, -0.05) is 24.3 Å². The molecular weight excluding hydrogens is 257 g/mol. The topological polar surface area (TPSA) is 42.2 Å². The fraction of sp³-hybridized carbons (Fsp3) is 0.0625. The zero-order valence-corrected chi connectivity index (χ0v) is 10.8. The van der Waals surface area contributed by atoms with Gasteiger partial charge in [-0.2, -0.15) is 0 Å². The summed E-state index contributed by atoms with van der Waals surface area (Å²) in [6.45, 7) is 0. The van der Waals surface area contributed by atoms with E-state index in [-0.39, 0.29) is 11.5 Å². The predicted molar refractivity (Wildman–Crippen MR) is 75.3 cm³/mol. The van der Waals surface area contributed by atoms with Crippen molar-refractivity contribution in [1.29, 1.82) is 0 Å². The third-order valence-electron chi connectivity index (χ3n) is 3.44. The number of aromatic nitrogens is 1. The molecule has 3 nitrogen and oxygen atoms in total. The molecule has 1 N–H and O–H groups in total. The Morgan fingerprint density at radius 2 is 1.70 bits per heavy atom. The quantitative estimate of drug-likeness (QED) is 0.771. The van der Waals surface area contributed by atoms with Crippen LogP contribution in [0, 0.1) is 5.82 Å². The van der Waals surface area contributed by atoms with Gasteiger partial charge >= 0.3 is 5.97 Å². The van der Waals surface area contributed by atoms with Crippen LogP contribution in [0.1, 0.15) is 10.5 Å². The number of carboxylic acids is 1. The Bertz CT molecular complexity index is 803. The van der Waals surface area contributed by atoms with Gasteiger partial charge in [0, 0.05) is 18.0 Å². The second kappa shape index (κ2) is 4.49. The number of benzene rings is 2. The van der Waals surface area contributed by atoms with Crippen LogP contribution in [0.3, 0.4) is 0 Å². The fourth-order valence-corrected chi connectivity index (χ4v) is 2.36. The molecule has 1 heterocycles. The van der Waals surface area contributed by atoms with Crippen molar-refractivity contribution in [3.63, 3.8) is 0 Å². The lowest BCUT2D eigenvalue weighted by Crippen LogP contribution is -2.03. The average Bonchev–Trinajstić information content (AvgIpc) is 2.77. The summed E-state index contributed by atoms with van der Waals surface area (Å²) in [5, 5.41) is 9.99. The zero-order valence-electron chi connectivity index (χ0n) is 10.8. The maximum atomic E-state index is 12.9. The lowest BCUT2D eigenvalue weighted by atomic mass is 10.0. The van der Waals surface area contributed by atoms with E-state index >= 15 is 0 Å². The van der Waals surface area contributed by atoms with Gasteiger partial charge in [-0.25, -0.2) is 9.18 Å². The smallest absolute Gasteiger partial charge is 0.352 e. The van der Waals surface area contributed by atoms with E-state index in [0.717, 1.165) is 22.0 Å². The van der Waals surface area contributed by atoms with Crippen LogP contribution in [0.2, 0.25) is 0 Å². The maximum Gasteiger partial charge on any atom is 0.352 e. The summed E-state index contributed by atoms with van der Waals surface area (Å²) >= 11 is 0. The Kier molecular flexibility index (Phi) is 2.79. The molecule has 0 atom stereocenters. The van der Waals surface area contributed by atoms with E-state index in [4.69, 9.17) is 5.11 Å². The summed E-state index contributed by atoms with van der Waals surface area (Å²) in [5.74, 6) is -1.23. The number of aryl methyl sites for hydroxylation is 1. The number of carbonyl (C=O) groups is 1. The average molecular weight is 269 g/mol. The summed E-state index contributed by atoms with van der Waals surface area (Å²) in [6.07, 6.45) is 0. The van der Waals surface area contributed by atoms with E-state index in [9.17, 15) is 9.18 Å². The molecule has 0 bridgehead atoms. The molecule has 0 unspecified atom stereocenters. The summed E-state index contributed by atoms with van der Waals surface area (Å²) in [7, 11) is 1.72. The van der Waals surface area contributed by atoms with Crippen molar-refractivity contribution < 1.29 is 14.3 Å². The maximum absolute atomic E-state index is 12.9. The van der Waals surface area contributed by atoms with E-state index in [1.807, 2.05) is 18.2 Å². The first-order chi connectivity index (χ1) is 9.56. The normalized spacial score (nSPS) is 10.9. The third-order valence-corrected chi connectivity index (χ3v) is 3.44. The lowest BCUT2D eigenvalue weighted by Gasteiger charge is -2.04. The van der Waals surface area contributed by atoms with E-state index in [1.165, 1.54) is 12.1 Å². The molecule has 0 aliphatic rings. The van der Waals surface area contributed by atoms with Crippen molar-refractivity contribution in [2.45, 2.75) is 0 Å². The molecule has 0 radical (unpaired) electrons. The minimum atomic E-state index is -0.952. The van der Waals surface area contributed by atoms with Crippen LogP contribution in [-0.4, -0.2) is 15.6 Å². The first kappa shape index (κ1) is 12.4. The minimum Gasteiger partial charge on any atom is -0.477 e. The zero-order chi connectivity index (χ0) is 14.3. The lowest BCUT2D eigenvalue weighted by molar-refractivity contribution is 0.0687. The summed E-state index contributed by atoms with van der Waals surface area (Å²) in [4.78, 5) is 11.1. The van der Waals surface area contributed by atoms with E-state index in [1.54, 1.807) is 29.8 Å². The van der Waals surface area contributed by atoms with Crippen LogP contribution in [0.15, 0.2) is 48.5 Å². The Hall–Kier alpha value is -2.62. The van der Waals surface area contributed by atoms with Gasteiger partial charge in [0.2, 0.25) is 0 Å². The first-order valence-electron chi connectivity index (χ1n) is 6.15. The van der Waals surface area contributed by atoms with Gasteiger partial charge in [0.15, 0.2) is 0 Å². The predicted octanol–water partition coefficient (Wildman–Crippen LogP) is 3.68. The van der Waals surface area contributed by atoms with Gasteiger partial charge in [-0.15, -0.1) is 0 Å². The van der Waals surface area contributed by atoms with Gasteiger partial charge in [-0.3, -0.25) is 0 Å². The van der Waals surface area contributed by atoms with Crippen LogP contribution in [0.5, 0.6) is 0 Å². The second-order valence-electron chi connectivity index (χ2n) is 4.67. The number of carboxylic acid groups (broad SMARTS) is 1. The van der Waals surface area contributed by atoms with Gasteiger partial charge < -0.3 is 9.67 Å². The third kappa shape index (κ3) is 1.95. The van der Waals surface area contributed by atoms with Gasteiger partial charge in [0.05, 0.1) is 0 Å². The van der Waals surface area contributed by atoms with Crippen LogP contribution in [0.25, 0.3) is 22.0 Å². The molecule has 100 valence electrons. The fourth-order valence-electron chi connectivity index (χ4n) is 2.36. The molecule has 0 aliphatic heterocycles. The van der Waals surface area contributed by atoms with E-state index < -0.39 is 5.97 Å². The molecule has 0 fully saturated rings.